The lowest BCUT2D eigenvalue weighted by Crippen LogP contribution is -2.64. The molecule has 4 rings (SSSR count). The molecular weight excluding hydrogens is 422 g/mol. The van der Waals surface area contributed by atoms with Crippen LogP contribution in [0, 0.1) is 5.92 Å². The Morgan fingerprint density at radius 3 is 2.42 bits per heavy atom. The molecule has 33 heavy (non-hydrogen) atoms. The third-order valence-electron chi connectivity index (χ3n) is 6.83. The molecule has 1 saturated carbocycles. The summed E-state index contributed by atoms with van der Waals surface area (Å²) in [5.41, 5.74) is 0.670. The average Bonchev–Trinajstić information content (AvgIpc) is 2.85. The van der Waals surface area contributed by atoms with E-state index in [2.05, 4.69) is 16.0 Å². The first-order valence-corrected chi connectivity index (χ1v) is 12.0. The zero-order chi connectivity index (χ0) is 23.2. The number of benzene rings is 1. The van der Waals surface area contributed by atoms with Gasteiger partial charge in [0, 0.05) is 31.2 Å². The third kappa shape index (κ3) is 5.64. The molecule has 2 saturated heterocycles. The maximum absolute atomic E-state index is 13.3. The molecule has 2 aliphatic heterocycles. The zero-order valence-corrected chi connectivity index (χ0v) is 18.9. The normalized spacial score (nSPS) is 24.1. The molecule has 1 aromatic carbocycles. The number of carbonyl (C=O) groups excluding carboxylic acids is 4. The van der Waals surface area contributed by atoms with Gasteiger partial charge in [-0.2, -0.15) is 0 Å². The van der Waals surface area contributed by atoms with E-state index >= 15 is 0 Å². The van der Waals surface area contributed by atoms with Crippen molar-refractivity contribution in [3.63, 3.8) is 0 Å². The average molecular weight is 456 g/mol. The molecule has 0 radical (unpaired) electrons. The first-order valence-electron chi connectivity index (χ1n) is 12.0. The van der Waals surface area contributed by atoms with Gasteiger partial charge in [0.15, 0.2) is 0 Å². The highest BCUT2D eigenvalue weighted by atomic mass is 16.2. The monoisotopic (exact) mass is 455 g/mol. The number of rotatable bonds is 4. The Kier molecular flexibility index (Phi) is 7.47. The minimum Gasteiger partial charge on any atom is -0.354 e. The number of hydrogen-bond acceptors (Lipinski definition) is 4. The number of urea groups is 1. The first kappa shape index (κ1) is 23.1. The topological polar surface area (TPSA) is 111 Å². The lowest BCUT2D eigenvalue weighted by molar-refractivity contribution is -0.147. The van der Waals surface area contributed by atoms with Crippen LogP contribution in [0.5, 0.6) is 0 Å². The predicted molar refractivity (Wildman–Crippen MR) is 123 cm³/mol. The van der Waals surface area contributed by atoms with Crippen LogP contribution in [0.1, 0.15) is 44.9 Å². The van der Waals surface area contributed by atoms with Crippen LogP contribution in [0.4, 0.5) is 10.5 Å². The second-order valence-electron chi connectivity index (χ2n) is 9.12. The molecule has 5 amide bonds. The molecule has 0 aromatic heterocycles. The van der Waals surface area contributed by atoms with Gasteiger partial charge in [0.05, 0.1) is 6.54 Å². The minimum atomic E-state index is -0.815. The Bertz CT molecular complexity index is 871. The molecule has 0 spiro atoms. The van der Waals surface area contributed by atoms with Crippen molar-refractivity contribution in [2.24, 2.45) is 5.92 Å². The number of hydrogen-bond donors (Lipinski definition) is 3. The van der Waals surface area contributed by atoms with Crippen LogP contribution in [0.15, 0.2) is 30.3 Å². The molecule has 2 heterocycles. The highest BCUT2D eigenvalue weighted by molar-refractivity contribution is 5.94. The van der Waals surface area contributed by atoms with E-state index in [1.54, 1.807) is 21.9 Å². The van der Waals surface area contributed by atoms with Gasteiger partial charge < -0.3 is 25.8 Å². The van der Waals surface area contributed by atoms with Gasteiger partial charge in [0.2, 0.25) is 17.7 Å². The van der Waals surface area contributed by atoms with Gasteiger partial charge >= 0.3 is 6.03 Å². The standard InChI is InChI=1S/C24H33N5O4/c30-21-19(12-7-13-25-21)27-22(31)20-16-28(24(33)26-18-10-5-2-6-11-18)14-15-29(20)23(32)17-8-3-1-4-9-17/h2,5-6,10-11,17,19-20H,1,3-4,7-9,12-16H2,(H,25,30)(H,26,33)(H,27,31). The van der Waals surface area contributed by atoms with Crippen LogP contribution in [0.25, 0.3) is 0 Å². The summed E-state index contributed by atoms with van der Waals surface area (Å²) in [5.74, 6) is -0.657. The van der Waals surface area contributed by atoms with Crippen molar-refractivity contribution in [1.82, 2.24) is 20.4 Å². The van der Waals surface area contributed by atoms with Gasteiger partial charge in [-0.25, -0.2) is 4.79 Å². The van der Waals surface area contributed by atoms with E-state index in [-0.39, 0.29) is 36.2 Å². The maximum Gasteiger partial charge on any atom is 0.321 e. The Hall–Kier alpha value is -3.10. The fraction of sp³-hybridized carbons (Fsp3) is 0.583. The number of carbonyl (C=O) groups is 4. The van der Waals surface area contributed by atoms with Gasteiger partial charge in [-0.3, -0.25) is 14.4 Å². The van der Waals surface area contributed by atoms with E-state index < -0.39 is 12.1 Å². The van der Waals surface area contributed by atoms with E-state index in [1.807, 2.05) is 18.2 Å². The van der Waals surface area contributed by atoms with E-state index in [4.69, 9.17) is 0 Å². The van der Waals surface area contributed by atoms with Crippen LogP contribution < -0.4 is 16.0 Å². The van der Waals surface area contributed by atoms with Gasteiger partial charge in [-0.1, -0.05) is 37.5 Å². The Balaban J connectivity index is 1.47. The number of nitrogens with zero attached hydrogens (tertiary/aromatic N) is 2. The summed E-state index contributed by atoms with van der Waals surface area (Å²) in [6, 6.07) is 7.41. The van der Waals surface area contributed by atoms with Gasteiger partial charge in [-0.05, 0) is 37.8 Å². The molecule has 1 aliphatic carbocycles. The second-order valence-corrected chi connectivity index (χ2v) is 9.12. The molecule has 178 valence electrons. The van der Waals surface area contributed by atoms with E-state index in [0.29, 0.717) is 31.7 Å². The van der Waals surface area contributed by atoms with Crippen LogP contribution in [-0.2, 0) is 14.4 Å². The zero-order valence-electron chi connectivity index (χ0n) is 18.9. The number of para-hydroxylation sites is 1. The predicted octanol–water partition coefficient (Wildman–Crippen LogP) is 1.71. The number of amides is 5. The quantitative estimate of drug-likeness (QED) is 0.642. The second kappa shape index (κ2) is 10.7. The van der Waals surface area contributed by atoms with Gasteiger partial charge in [-0.15, -0.1) is 0 Å². The summed E-state index contributed by atoms with van der Waals surface area (Å²) in [6.45, 7) is 1.35. The highest BCUT2D eigenvalue weighted by Gasteiger charge is 2.40. The molecular formula is C24H33N5O4. The highest BCUT2D eigenvalue weighted by Crippen LogP contribution is 2.27. The molecule has 9 nitrogen and oxygen atoms in total. The molecule has 0 bridgehead atoms. The lowest BCUT2D eigenvalue weighted by Gasteiger charge is -2.42. The van der Waals surface area contributed by atoms with Crippen molar-refractivity contribution < 1.29 is 19.2 Å². The summed E-state index contributed by atoms with van der Waals surface area (Å²) < 4.78 is 0. The van der Waals surface area contributed by atoms with Crippen LogP contribution in [0.3, 0.4) is 0 Å². The van der Waals surface area contributed by atoms with Crippen molar-refractivity contribution in [3.8, 4) is 0 Å². The Morgan fingerprint density at radius 2 is 1.70 bits per heavy atom. The number of piperazine rings is 1. The Morgan fingerprint density at radius 1 is 0.939 bits per heavy atom. The molecule has 2 atom stereocenters. The lowest BCUT2D eigenvalue weighted by atomic mass is 9.87. The summed E-state index contributed by atoms with van der Waals surface area (Å²) in [7, 11) is 0. The number of nitrogens with one attached hydrogen (secondary N) is 3. The smallest absolute Gasteiger partial charge is 0.321 e. The van der Waals surface area contributed by atoms with Crippen molar-refractivity contribution in [1.29, 1.82) is 0 Å². The first-order chi connectivity index (χ1) is 16.0. The summed E-state index contributed by atoms with van der Waals surface area (Å²) in [5, 5.41) is 8.46. The minimum absolute atomic E-state index is 0.00827. The van der Waals surface area contributed by atoms with Crippen molar-refractivity contribution in [3.05, 3.63) is 30.3 Å². The molecule has 3 fully saturated rings. The summed E-state index contributed by atoms with van der Waals surface area (Å²) in [4.78, 5) is 54.9. The Labute approximate surface area is 194 Å². The summed E-state index contributed by atoms with van der Waals surface area (Å²) in [6.07, 6.45) is 6.22. The molecule has 3 N–H and O–H groups in total. The third-order valence-corrected chi connectivity index (χ3v) is 6.83. The van der Waals surface area contributed by atoms with E-state index in [1.165, 1.54) is 0 Å². The fourth-order valence-corrected chi connectivity index (χ4v) is 4.94. The van der Waals surface area contributed by atoms with Crippen LogP contribution in [0.2, 0.25) is 0 Å². The largest absolute Gasteiger partial charge is 0.354 e. The van der Waals surface area contributed by atoms with E-state index in [9.17, 15) is 19.2 Å². The van der Waals surface area contributed by atoms with E-state index in [0.717, 1.165) is 38.5 Å². The van der Waals surface area contributed by atoms with Gasteiger partial charge in [0.1, 0.15) is 12.1 Å². The number of piperidine rings is 1. The maximum atomic E-state index is 13.3. The van der Waals surface area contributed by atoms with Gasteiger partial charge in [0.25, 0.3) is 0 Å². The molecule has 2 unspecified atom stereocenters. The molecule has 3 aliphatic rings. The molecule has 1 aromatic rings. The molecule has 9 heteroatoms. The van der Waals surface area contributed by atoms with Crippen LogP contribution in [-0.4, -0.2) is 71.8 Å². The van der Waals surface area contributed by atoms with Crippen molar-refractivity contribution >= 4 is 29.4 Å². The van der Waals surface area contributed by atoms with Crippen molar-refractivity contribution in [2.45, 2.75) is 57.0 Å². The van der Waals surface area contributed by atoms with Crippen molar-refractivity contribution in [2.75, 3.05) is 31.5 Å². The number of anilines is 1. The SMILES string of the molecule is O=C1NCCCC1NC(=O)C1CN(C(=O)Nc2ccccc2)CCN1C(=O)C1CCCCC1. The summed E-state index contributed by atoms with van der Waals surface area (Å²) >= 11 is 0. The van der Waals surface area contributed by atoms with Crippen LogP contribution >= 0.6 is 0 Å². The fourth-order valence-electron chi connectivity index (χ4n) is 4.94.